The zero-order chi connectivity index (χ0) is 27.2. The minimum Gasteiger partial charge on any atom is -0.493 e. The predicted molar refractivity (Wildman–Crippen MR) is 148 cm³/mol. The van der Waals surface area contributed by atoms with Crippen molar-refractivity contribution in [3.63, 3.8) is 0 Å². The molecule has 1 aromatic rings. The highest BCUT2D eigenvalue weighted by atomic mass is 16.8. The van der Waals surface area contributed by atoms with Gasteiger partial charge in [0, 0.05) is 19.6 Å². The van der Waals surface area contributed by atoms with Gasteiger partial charge in [-0.05, 0) is 100 Å². The maximum absolute atomic E-state index is 12.5. The molecule has 1 saturated carbocycles. The number of rotatable bonds is 14. The van der Waals surface area contributed by atoms with Crippen molar-refractivity contribution in [3.05, 3.63) is 60.4 Å². The van der Waals surface area contributed by atoms with Crippen molar-refractivity contribution >= 4 is 5.97 Å². The molecule has 214 valence electrons. The summed E-state index contributed by atoms with van der Waals surface area (Å²) in [7, 11) is 0. The topological polar surface area (TPSA) is 83.5 Å². The van der Waals surface area contributed by atoms with E-state index in [1.807, 2.05) is 36.4 Å². The van der Waals surface area contributed by atoms with Crippen LogP contribution in [0.1, 0.15) is 77.0 Å². The van der Waals surface area contributed by atoms with Crippen molar-refractivity contribution < 1.29 is 33.6 Å². The Morgan fingerprint density at radius 3 is 2.31 bits per heavy atom. The summed E-state index contributed by atoms with van der Waals surface area (Å²) in [4.78, 5) is 12.5. The van der Waals surface area contributed by atoms with E-state index in [4.69, 9.17) is 23.7 Å². The summed E-state index contributed by atoms with van der Waals surface area (Å²) in [6.07, 6.45) is 17.7. The summed E-state index contributed by atoms with van der Waals surface area (Å²) < 4.78 is 29.2. The lowest BCUT2D eigenvalue weighted by Gasteiger charge is -2.37. The molecule has 7 heteroatoms. The third-order valence-corrected chi connectivity index (χ3v) is 7.67. The summed E-state index contributed by atoms with van der Waals surface area (Å²) in [6, 6.07) is 9.90. The van der Waals surface area contributed by atoms with Crippen LogP contribution in [0, 0.1) is 11.8 Å². The van der Waals surface area contributed by atoms with E-state index in [-0.39, 0.29) is 6.42 Å². The summed E-state index contributed by atoms with van der Waals surface area (Å²) in [6.45, 7) is 1.80. The standard InChI is InChI=1S/C32H44O7/c33-31(34)32(38-29-20-7-11-24-36-29,39-30-21-8-12-25-37-30)22-9-2-3-14-26-16-13-17-27(26)15-6-10-23-35-28-18-4-1-5-19-28/h1,3-6,9,15,18-19,26-27,29-30H,7-8,10-14,16-17,20-25H2,(H,33,34)/b15-6+/t2?,26-,27-,29?,30?,32?/m0/s1. The van der Waals surface area contributed by atoms with Crippen LogP contribution in [0.25, 0.3) is 0 Å². The van der Waals surface area contributed by atoms with E-state index >= 15 is 0 Å². The fraction of sp³-hybridized carbons (Fsp3) is 0.625. The average Bonchev–Trinajstić information content (AvgIpc) is 3.41. The number of benzene rings is 1. The van der Waals surface area contributed by atoms with Crippen LogP contribution >= 0.6 is 0 Å². The van der Waals surface area contributed by atoms with Crippen LogP contribution in [0.15, 0.2) is 60.4 Å². The van der Waals surface area contributed by atoms with Gasteiger partial charge in [-0.15, -0.1) is 5.73 Å². The number of allylic oxidation sites excluding steroid dienone is 1. The largest absolute Gasteiger partial charge is 0.493 e. The van der Waals surface area contributed by atoms with Gasteiger partial charge < -0.3 is 28.8 Å². The summed E-state index contributed by atoms with van der Waals surface area (Å²) >= 11 is 0. The Morgan fingerprint density at radius 1 is 0.949 bits per heavy atom. The second-order valence-electron chi connectivity index (χ2n) is 10.6. The number of carboxylic acids is 1. The van der Waals surface area contributed by atoms with Crippen LogP contribution in [-0.2, 0) is 23.7 Å². The summed E-state index contributed by atoms with van der Waals surface area (Å²) in [5.41, 5.74) is 3.21. The molecule has 2 aliphatic heterocycles. The van der Waals surface area contributed by atoms with E-state index in [1.165, 1.54) is 19.3 Å². The first kappa shape index (κ1) is 29.6. The lowest BCUT2D eigenvalue weighted by Crippen LogP contribution is -2.50. The zero-order valence-corrected chi connectivity index (χ0v) is 23.0. The molecule has 2 saturated heterocycles. The maximum atomic E-state index is 12.5. The van der Waals surface area contributed by atoms with Crippen molar-refractivity contribution in [1.82, 2.24) is 0 Å². The molecule has 3 aliphatic rings. The third kappa shape index (κ3) is 9.63. The van der Waals surface area contributed by atoms with Gasteiger partial charge in [0.1, 0.15) is 5.75 Å². The summed E-state index contributed by atoms with van der Waals surface area (Å²) in [5, 5.41) is 10.2. The van der Waals surface area contributed by atoms with Crippen molar-refractivity contribution in [3.8, 4) is 5.75 Å². The SMILES string of the molecule is O=C(O)C(CC=C=CC[C@H]1CCC[C@@H]1/C=C/CCOc1ccccc1)(OC1CCCCO1)OC1CCCCO1. The molecule has 2 unspecified atom stereocenters. The van der Waals surface area contributed by atoms with Gasteiger partial charge in [0.15, 0.2) is 12.6 Å². The van der Waals surface area contributed by atoms with E-state index in [1.54, 1.807) is 6.08 Å². The van der Waals surface area contributed by atoms with Gasteiger partial charge in [-0.3, -0.25) is 0 Å². The Morgan fingerprint density at radius 2 is 1.67 bits per heavy atom. The molecule has 39 heavy (non-hydrogen) atoms. The molecular formula is C32H44O7. The van der Waals surface area contributed by atoms with E-state index in [9.17, 15) is 9.90 Å². The normalized spacial score (nSPS) is 27.0. The number of carboxylic acid groups (broad SMARTS) is 1. The van der Waals surface area contributed by atoms with Gasteiger partial charge in [0.2, 0.25) is 0 Å². The van der Waals surface area contributed by atoms with E-state index < -0.39 is 24.3 Å². The van der Waals surface area contributed by atoms with Crippen LogP contribution in [0.4, 0.5) is 0 Å². The molecule has 0 aromatic heterocycles. The quantitative estimate of drug-likeness (QED) is 0.120. The lowest BCUT2D eigenvalue weighted by atomic mass is 9.92. The van der Waals surface area contributed by atoms with Gasteiger partial charge >= 0.3 is 5.97 Å². The van der Waals surface area contributed by atoms with Crippen molar-refractivity contribution in [2.24, 2.45) is 11.8 Å². The second kappa shape index (κ2) is 16.0. The highest BCUT2D eigenvalue weighted by molar-refractivity contribution is 5.76. The molecule has 0 bridgehead atoms. The molecule has 4 rings (SSSR count). The number of ether oxygens (including phenoxy) is 5. The molecular weight excluding hydrogens is 496 g/mol. The predicted octanol–water partition coefficient (Wildman–Crippen LogP) is 6.79. The highest BCUT2D eigenvalue weighted by Crippen LogP contribution is 2.35. The summed E-state index contributed by atoms with van der Waals surface area (Å²) in [5.74, 6) is -0.995. The van der Waals surface area contributed by atoms with Crippen LogP contribution in [0.3, 0.4) is 0 Å². The number of hydrogen-bond donors (Lipinski definition) is 1. The second-order valence-corrected chi connectivity index (χ2v) is 10.6. The van der Waals surface area contributed by atoms with Gasteiger partial charge in [-0.1, -0.05) is 36.8 Å². The first-order chi connectivity index (χ1) is 19.1. The first-order valence-electron chi connectivity index (χ1n) is 14.7. The smallest absolute Gasteiger partial charge is 0.364 e. The number of carbonyl (C=O) groups is 1. The third-order valence-electron chi connectivity index (χ3n) is 7.67. The molecule has 1 aromatic carbocycles. The average molecular weight is 541 g/mol. The molecule has 0 spiro atoms. The lowest BCUT2D eigenvalue weighted by molar-refractivity contribution is -0.349. The molecule has 2 heterocycles. The van der Waals surface area contributed by atoms with Crippen LogP contribution in [-0.4, -0.2) is 49.3 Å². The molecule has 0 radical (unpaired) electrons. The number of aliphatic carboxylic acids is 1. The fourth-order valence-corrected chi connectivity index (χ4v) is 5.49. The first-order valence-corrected chi connectivity index (χ1v) is 14.7. The highest BCUT2D eigenvalue weighted by Gasteiger charge is 2.46. The van der Waals surface area contributed by atoms with Crippen molar-refractivity contribution in [2.75, 3.05) is 19.8 Å². The van der Waals surface area contributed by atoms with E-state index in [2.05, 4.69) is 17.9 Å². The van der Waals surface area contributed by atoms with Crippen LogP contribution in [0.5, 0.6) is 5.75 Å². The fourth-order valence-electron chi connectivity index (χ4n) is 5.49. The van der Waals surface area contributed by atoms with Crippen molar-refractivity contribution in [1.29, 1.82) is 0 Å². The Hall–Kier alpha value is -2.41. The Labute approximate surface area is 232 Å². The number of para-hydroxylation sites is 1. The van der Waals surface area contributed by atoms with Crippen LogP contribution in [0.2, 0.25) is 0 Å². The maximum Gasteiger partial charge on any atom is 0.364 e. The molecule has 1 aliphatic carbocycles. The number of hydrogen-bond acceptors (Lipinski definition) is 6. The molecule has 3 fully saturated rings. The Balaban J connectivity index is 1.29. The van der Waals surface area contributed by atoms with E-state index in [0.717, 1.165) is 44.3 Å². The minimum absolute atomic E-state index is 0.0357. The molecule has 0 amide bonds. The van der Waals surface area contributed by atoms with E-state index in [0.29, 0.717) is 44.5 Å². The Bertz CT molecular complexity index is 921. The van der Waals surface area contributed by atoms with Gasteiger partial charge in [-0.2, -0.15) is 0 Å². The molecule has 7 nitrogen and oxygen atoms in total. The van der Waals surface area contributed by atoms with Crippen molar-refractivity contribution in [2.45, 2.75) is 95.4 Å². The monoisotopic (exact) mass is 540 g/mol. The van der Waals surface area contributed by atoms with Gasteiger partial charge in [0.05, 0.1) is 6.61 Å². The van der Waals surface area contributed by atoms with Gasteiger partial charge in [-0.25, -0.2) is 4.79 Å². The van der Waals surface area contributed by atoms with Gasteiger partial charge in [0.25, 0.3) is 5.79 Å². The zero-order valence-electron chi connectivity index (χ0n) is 23.0. The molecule has 4 atom stereocenters. The minimum atomic E-state index is -1.86. The molecule has 1 N–H and O–H groups in total. The Kier molecular flexibility index (Phi) is 12.1. The van der Waals surface area contributed by atoms with Crippen LogP contribution < -0.4 is 4.74 Å².